The zero-order chi connectivity index (χ0) is 15.5. The molecule has 2 N–H and O–H groups in total. The summed E-state index contributed by atoms with van der Waals surface area (Å²) >= 11 is 0. The lowest BCUT2D eigenvalue weighted by Crippen LogP contribution is -2.47. The number of hydrogen-bond donors (Lipinski definition) is 2. The molecular weight excluding hydrogens is 282 g/mol. The van der Waals surface area contributed by atoms with Crippen molar-refractivity contribution in [1.82, 2.24) is 30.2 Å². The molecule has 1 fully saturated rings. The second-order valence-electron chi connectivity index (χ2n) is 5.64. The normalized spacial score (nSPS) is 15.9. The zero-order valence-electron chi connectivity index (χ0n) is 12.9. The number of rotatable bonds is 4. The molecule has 0 aliphatic carbocycles. The molecule has 1 aliphatic heterocycles. The molecule has 8 heteroatoms. The van der Waals surface area contributed by atoms with Crippen LogP contribution in [0.5, 0.6) is 0 Å². The van der Waals surface area contributed by atoms with E-state index >= 15 is 0 Å². The highest BCUT2D eigenvalue weighted by Gasteiger charge is 2.23. The lowest BCUT2D eigenvalue weighted by Gasteiger charge is -2.32. The number of amides is 1. The molecule has 1 amide bonds. The van der Waals surface area contributed by atoms with E-state index in [-0.39, 0.29) is 12.5 Å². The van der Waals surface area contributed by atoms with Gasteiger partial charge in [0.15, 0.2) is 11.5 Å². The number of nitrogens with one attached hydrogen (secondary N) is 2. The van der Waals surface area contributed by atoms with E-state index in [4.69, 9.17) is 0 Å². The number of likely N-dealkylation sites (N-methyl/N-ethyl adjacent to an activating group) is 2. The Balaban J connectivity index is 1.69. The Bertz CT molecular complexity index is 649. The van der Waals surface area contributed by atoms with Crippen molar-refractivity contribution < 1.29 is 4.79 Å². The number of aromatic amines is 1. The summed E-state index contributed by atoms with van der Waals surface area (Å²) in [7, 11) is 3.74. The summed E-state index contributed by atoms with van der Waals surface area (Å²) in [6, 6.07) is 0.319. The van der Waals surface area contributed by atoms with Gasteiger partial charge >= 0.3 is 0 Å². The number of anilines is 1. The molecule has 22 heavy (non-hydrogen) atoms. The summed E-state index contributed by atoms with van der Waals surface area (Å²) in [5, 5.41) is 3.32. The summed E-state index contributed by atoms with van der Waals surface area (Å²) in [6.07, 6.45) is 5.06. The van der Waals surface area contributed by atoms with Crippen molar-refractivity contribution in [3.8, 4) is 0 Å². The minimum Gasteiger partial charge on any atom is -0.348 e. The molecule has 8 nitrogen and oxygen atoms in total. The van der Waals surface area contributed by atoms with Crippen molar-refractivity contribution in [2.45, 2.75) is 18.9 Å². The van der Waals surface area contributed by atoms with Crippen LogP contribution in [0.1, 0.15) is 12.8 Å². The van der Waals surface area contributed by atoms with Gasteiger partial charge in [-0.1, -0.05) is 0 Å². The molecule has 0 saturated carbocycles. The van der Waals surface area contributed by atoms with Gasteiger partial charge in [-0.05, 0) is 25.9 Å². The average molecular weight is 303 g/mol. The van der Waals surface area contributed by atoms with E-state index in [2.05, 4.69) is 25.3 Å². The Hall–Kier alpha value is -2.22. The number of carbonyl (C=O) groups is 1. The van der Waals surface area contributed by atoms with Crippen LogP contribution in [0.15, 0.2) is 12.7 Å². The average Bonchev–Trinajstić information content (AvgIpc) is 3.03. The first-order valence-electron chi connectivity index (χ1n) is 7.48. The van der Waals surface area contributed by atoms with Crippen molar-refractivity contribution in [2.75, 3.05) is 38.6 Å². The second kappa shape index (κ2) is 6.27. The number of imidazole rings is 1. The zero-order valence-corrected chi connectivity index (χ0v) is 12.9. The Labute approximate surface area is 128 Å². The van der Waals surface area contributed by atoms with Crippen LogP contribution in [0.3, 0.4) is 0 Å². The maximum absolute atomic E-state index is 12.5. The van der Waals surface area contributed by atoms with Crippen LogP contribution >= 0.6 is 0 Å². The van der Waals surface area contributed by atoms with Gasteiger partial charge in [-0.2, -0.15) is 0 Å². The molecule has 2 aromatic rings. The third-order valence-electron chi connectivity index (χ3n) is 4.19. The first-order valence-corrected chi connectivity index (χ1v) is 7.48. The number of aromatic nitrogens is 4. The summed E-state index contributed by atoms with van der Waals surface area (Å²) in [4.78, 5) is 31.7. The summed E-state index contributed by atoms with van der Waals surface area (Å²) in [5.74, 6) is 0.787. The summed E-state index contributed by atoms with van der Waals surface area (Å²) < 4.78 is 0. The Morgan fingerprint density at radius 3 is 2.82 bits per heavy atom. The molecule has 3 rings (SSSR count). The lowest BCUT2D eigenvalue weighted by atomic mass is 10.1. The van der Waals surface area contributed by atoms with Crippen molar-refractivity contribution in [3.63, 3.8) is 0 Å². The predicted molar refractivity (Wildman–Crippen MR) is 83.6 cm³/mol. The minimum absolute atomic E-state index is 0.0978. The SMILES string of the molecule is CN(CC(=O)N(C)C1CCNCC1)c1ncnc2nc[nH]c12. The van der Waals surface area contributed by atoms with Crippen LogP contribution in [0.25, 0.3) is 11.2 Å². The van der Waals surface area contributed by atoms with Gasteiger partial charge < -0.3 is 20.1 Å². The number of hydrogen-bond acceptors (Lipinski definition) is 6. The van der Waals surface area contributed by atoms with Crippen LogP contribution in [0, 0.1) is 0 Å². The Kier molecular flexibility index (Phi) is 4.19. The van der Waals surface area contributed by atoms with E-state index in [1.807, 2.05) is 23.9 Å². The van der Waals surface area contributed by atoms with E-state index < -0.39 is 0 Å². The fourth-order valence-corrected chi connectivity index (χ4v) is 2.83. The fraction of sp³-hybridized carbons (Fsp3) is 0.571. The maximum atomic E-state index is 12.5. The molecule has 0 radical (unpaired) electrons. The fourth-order valence-electron chi connectivity index (χ4n) is 2.83. The van der Waals surface area contributed by atoms with Gasteiger partial charge in [-0.15, -0.1) is 0 Å². The predicted octanol–water partition coefficient (Wildman–Crippen LogP) is -0.000500. The summed E-state index contributed by atoms with van der Waals surface area (Å²) in [5.41, 5.74) is 1.36. The maximum Gasteiger partial charge on any atom is 0.242 e. The number of piperidine rings is 1. The van der Waals surface area contributed by atoms with E-state index in [1.54, 1.807) is 6.33 Å². The van der Waals surface area contributed by atoms with Crippen molar-refractivity contribution in [3.05, 3.63) is 12.7 Å². The number of nitrogens with zero attached hydrogens (tertiary/aromatic N) is 5. The van der Waals surface area contributed by atoms with Gasteiger partial charge in [0.2, 0.25) is 5.91 Å². The molecule has 0 atom stereocenters. The van der Waals surface area contributed by atoms with Crippen LogP contribution in [0.4, 0.5) is 5.82 Å². The molecular formula is C14H21N7O. The molecule has 1 saturated heterocycles. The Morgan fingerprint density at radius 1 is 1.27 bits per heavy atom. The largest absolute Gasteiger partial charge is 0.348 e. The molecule has 1 aliphatic rings. The van der Waals surface area contributed by atoms with E-state index in [0.717, 1.165) is 31.4 Å². The third-order valence-corrected chi connectivity index (χ3v) is 4.19. The summed E-state index contributed by atoms with van der Waals surface area (Å²) in [6.45, 7) is 2.23. The minimum atomic E-state index is 0.0978. The highest BCUT2D eigenvalue weighted by molar-refractivity contribution is 5.87. The molecule has 0 spiro atoms. The Morgan fingerprint density at radius 2 is 2.05 bits per heavy atom. The quantitative estimate of drug-likeness (QED) is 0.826. The van der Waals surface area contributed by atoms with Gasteiger partial charge in [0.05, 0.1) is 12.9 Å². The van der Waals surface area contributed by atoms with Crippen molar-refractivity contribution in [2.24, 2.45) is 0 Å². The van der Waals surface area contributed by atoms with Gasteiger partial charge in [0.1, 0.15) is 11.8 Å². The van der Waals surface area contributed by atoms with Crippen LogP contribution < -0.4 is 10.2 Å². The van der Waals surface area contributed by atoms with Gasteiger partial charge in [0.25, 0.3) is 0 Å². The van der Waals surface area contributed by atoms with Crippen molar-refractivity contribution in [1.29, 1.82) is 0 Å². The van der Waals surface area contributed by atoms with Crippen LogP contribution in [0.2, 0.25) is 0 Å². The van der Waals surface area contributed by atoms with E-state index in [1.165, 1.54) is 6.33 Å². The number of carbonyl (C=O) groups excluding carboxylic acids is 1. The first kappa shape index (κ1) is 14.7. The highest BCUT2D eigenvalue weighted by Crippen LogP contribution is 2.18. The standard InChI is InChI=1S/C14H21N7O/c1-20(14-12-13(17-8-16-12)18-9-19-14)7-11(22)21(2)10-3-5-15-6-4-10/h8-10,15H,3-7H2,1-2H3,(H,16,17,18,19). The topological polar surface area (TPSA) is 90.0 Å². The van der Waals surface area contributed by atoms with Gasteiger partial charge in [-0.25, -0.2) is 15.0 Å². The van der Waals surface area contributed by atoms with Gasteiger partial charge in [-0.3, -0.25) is 4.79 Å². The molecule has 3 heterocycles. The van der Waals surface area contributed by atoms with Gasteiger partial charge in [0, 0.05) is 20.1 Å². The number of H-pyrrole nitrogens is 1. The molecule has 0 unspecified atom stereocenters. The molecule has 2 aromatic heterocycles. The highest BCUT2D eigenvalue weighted by atomic mass is 16.2. The number of fused-ring (bicyclic) bond motifs is 1. The molecule has 0 aromatic carbocycles. The van der Waals surface area contributed by atoms with Crippen molar-refractivity contribution >= 4 is 22.9 Å². The van der Waals surface area contributed by atoms with E-state index in [0.29, 0.717) is 17.5 Å². The molecule has 0 bridgehead atoms. The monoisotopic (exact) mass is 303 g/mol. The third kappa shape index (κ3) is 2.87. The molecule has 118 valence electrons. The second-order valence-corrected chi connectivity index (χ2v) is 5.64. The first-order chi connectivity index (χ1) is 10.7. The lowest BCUT2D eigenvalue weighted by molar-refractivity contribution is -0.130. The van der Waals surface area contributed by atoms with Crippen LogP contribution in [-0.4, -0.2) is 70.5 Å². The van der Waals surface area contributed by atoms with E-state index in [9.17, 15) is 4.79 Å². The van der Waals surface area contributed by atoms with Crippen LogP contribution in [-0.2, 0) is 4.79 Å². The smallest absolute Gasteiger partial charge is 0.242 e.